The molecule has 6 fully saturated rings. The Morgan fingerprint density at radius 2 is 0.667 bits per heavy atom. The summed E-state index contributed by atoms with van der Waals surface area (Å²) >= 11 is 0. The lowest BCUT2D eigenvalue weighted by Gasteiger charge is -2.05. The van der Waals surface area contributed by atoms with Crippen molar-refractivity contribution in [1.82, 2.24) is 0 Å². The van der Waals surface area contributed by atoms with E-state index in [2.05, 4.69) is 13.8 Å². The molecule has 0 N–H and O–H groups in total. The molecule has 6 saturated carbocycles. The fraction of sp³-hybridized carbons (Fsp3) is 0.846. The molecule has 0 radical (unpaired) electrons. The molecule has 6 nitrogen and oxygen atoms in total. The summed E-state index contributed by atoms with van der Waals surface area (Å²) in [6.45, 7) is 4.29. The Bertz CT molecular complexity index is 831. The van der Waals surface area contributed by atoms with Gasteiger partial charge in [0.2, 0.25) is 0 Å². The second-order valence-corrected chi connectivity index (χ2v) is 14.0. The van der Waals surface area contributed by atoms with E-state index < -0.39 is 0 Å². The number of ketones is 6. The van der Waals surface area contributed by atoms with Crippen LogP contribution in [-0.2, 0) is 28.8 Å². The normalized spacial score (nSPS) is 25.2. The van der Waals surface area contributed by atoms with Gasteiger partial charge in [-0.3, -0.25) is 28.8 Å². The van der Waals surface area contributed by atoms with Gasteiger partial charge in [-0.2, -0.15) is 0 Å². The molecule has 0 aromatic rings. The van der Waals surface area contributed by atoms with E-state index in [-0.39, 0.29) is 0 Å². The van der Waals surface area contributed by atoms with Crippen molar-refractivity contribution in [3.05, 3.63) is 0 Å². The second kappa shape index (κ2) is 27.2. The van der Waals surface area contributed by atoms with Crippen molar-refractivity contribution in [2.75, 3.05) is 0 Å². The molecule has 0 heterocycles. The van der Waals surface area contributed by atoms with Gasteiger partial charge in [-0.15, -0.1) is 0 Å². The molecule has 6 heteroatoms. The SMILES string of the molecule is CC1CCC(=O)C1.CCC1CCC(=O)C1.O=C1CCCC1.O=C1CCCCC1.O=C1CCCCCC1.O=C1CCCCCCC1. The summed E-state index contributed by atoms with van der Waals surface area (Å²) in [5, 5.41) is 0. The average Bonchev–Trinajstić information content (AvgIpc) is 3.73. The van der Waals surface area contributed by atoms with Crippen LogP contribution in [0.25, 0.3) is 0 Å². The van der Waals surface area contributed by atoms with Gasteiger partial charge in [-0.1, -0.05) is 58.8 Å². The zero-order chi connectivity index (χ0) is 33.1. The highest BCUT2D eigenvalue weighted by atomic mass is 16.1. The van der Waals surface area contributed by atoms with E-state index in [1.165, 1.54) is 44.9 Å². The molecule has 0 amide bonds. The van der Waals surface area contributed by atoms with Gasteiger partial charge in [0.15, 0.2) is 0 Å². The highest BCUT2D eigenvalue weighted by molar-refractivity contribution is 5.81. The zero-order valence-electron chi connectivity index (χ0n) is 29.1. The molecule has 0 aliphatic heterocycles. The molecule has 0 bridgehead atoms. The minimum absolute atomic E-state index is 0.451. The molecule has 0 saturated heterocycles. The zero-order valence-corrected chi connectivity index (χ0v) is 29.1. The Kier molecular flexibility index (Phi) is 24.8. The van der Waals surface area contributed by atoms with Crippen LogP contribution in [0, 0.1) is 11.8 Å². The number of carbonyl (C=O) groups is 6. The van der Waals surface area contributed by atoms with Crippen LogP contribution < -0.4 is 0 Å². The maximum atomic E-state index is 10.8. The van der Waals surface area contributed by atoms with Gasteiger partial charge in [0.25, 0.3) is 0 Å². The first-order valence-electron chi connectivity index (χ1n) is 18.8. The van der Waals surface area contributed by atoms with Crippen LogP contribution in [0.4, 0.5) is 0 Å². The number of hydrogen-bond donors (Lipinski definition) is 0. The summed E-state index contributed by atoms with van der Waals surface area (Å²) in [6.07, 6.45) is 30.4. The van der Waals surface area contributed by atoms with Crippen LogP contribution in [0.5, 0.6) is 0 Å². The summed E-state index contributed by atoms with van der Waals surface area (Å²) < 4.78 is 0. The van der Waals surface area contributed by atoms with E-state index in [4.69, 9.17) is 0 Å². The lowest BCUT2D eigenvalue weighted by molar-refractivity contribution is -0.120. The van der Waals surface area contributed by atoms with Gasteiger partial charge in [0.05, 0.1) is 0 Å². The van der Waals surface area contributed by atoms with Crippen molar-refractivity contribution < 1.29 is 28.8 Å². The van der Waals surface area contributed by atoms with Crippen LogP contribution in [0.15, 0.2) is 0 Å². The van der Waals surface area contributed by atoms with Gasteiger partial charge >= 0.3 is 0 Å². The van der Waals surface area contributed by atoms with Gasteiger partial charge < -0.3 is 0 Å². The number of Topliss-reactive ketones (excluding diaryl/α,β-unsaturated/α-hetero) is 6. The summed E-state index contributed by atoms with van der Waals surface area (Å²) in [7, 11) is 0. The van der Waals surface area contributed by atoms with E-state index in [9.17, 15) is 28.8 Å². The van der Waals surface area contributed by atoms with Crippen molar-refractivity contribution in [3.63, 3.8) is 0 Å². The third-order valence-electron chi connectivity index (χ3n) is 9.56. The van der Waals surface area contributed by atoms with Crippen LogP contribution in [0.2, 0.25) is 0 Å². The standard InChI is InChI=1S/C8H14O.2C7H12O.2C6H10O.C5H8O/c9-8-6-4-2-1-3-5-7-8;1-2-6-3-4-7(8)5-6;8-7-5-3-1-2-4-6-7;1-5-2-3-6(7)4-5;7-6-4-2-1-3-5-6;6-5-3-1-2-4-5/h1-7H2;6H,2-5H2,1H3;1-6H2;5H,2-4H2,1H3;1-5H2;1-4H2. The van der Waals surface area contributed by atoms with Crippen molar-refractivity contribution >= 4 is 34.7 Å². The van der Waals surface area contributed by atoms with Gasteiger partial charge in [-0.25, -0.2) is 0 Å². The van der Waals surface area contributed by atoms with Gasteiger partial charge in [-0.05, 0) is 76.0 Å². The molecule has 258 valence electrons. The minimum Gasteiger partial charge on any atom is -0.300 e. The quantitative estimate of drug-likeness (QED) is 0.267. The third kappa shape index (κ3) is 24.9. The summed E-state index contributed by atoms with van der Waals surface area (Å²) in [4.78, 5) is 63.3. The average molecular weight is 631 g/mol. The van der Waals surface area contributed by atoms with Crippen LogP contribution in [-0.4, -0.2) is 34.7 Å². The predicted octanol–water partition coefficient (Wildman–Crippen LogP) is 10.00. The fourth-order valence-electron chi connectivity index (χ4n) is 6.38. The van der Waals surface area contributed by atoms with Gasteiger partial charge in [0, 0.05) is 77.0 Å². The molecule has 6 rings (SSSR count). The molecule has 0 spiro atoms. The van der Waals surface area contributed by atoms with Crippen LogP contribution in [0.1, 0.15) is 200 Å². The maximum absolute atomic E-state index is 10.8. The summed E-state index contributed by atoms with van der Waals surface area (Å²) in [5.41, 5.74) is 0. The van der Waals surface area contributed by atoms with E-state index in [1.807, 2.05) is 0 Å². The Hall–Kier alpha value is -1.98. The topological polar surface area (TPSA) is 102 Å². The second-order valence-electron chi connectivity index (χ2n) is 14.0. The molecule has 2 atom stereocenters. The summed E-state index contributed by atoms with van der Waals surface area (Å²) in [5.74, 6) is 4.19. The first kappa shape index (κ1) is 41.0. The Labute approximate surface area is 275 Å². The molecule has 45 heavy (non-hydrogen) atoms. The molecule has 6 aliphatic carbocycles. The van der Waals surface area contributed by atoms with E-state index >= 15 is 0 Å². The summed E-state index contributed by atoms with van der Waals surface area (Å²) in [6, 6.07) is 0. The van der Waals surface area contributed by atoms with E-state index in [1.54, 1.807) is 0 Å². The van der Waals surface area contributed by atoms with Crippen molar-refractivity contribution in [1.29, 1.82) is 0 Å². The van der Waals surface area contributed by atoms with Crippen LogP contribution in [0.3, 0.4) is 0 Å². The Morgan fingerprint density at radius 3 is 0.889 bits per heavy atom. The first-order chi connectivity index (χ1) is 21.7. The monoisotopic (exact) mass is 630 g/mol. The highest BCUT2D eigenvalue weighted by Gasteiger charge is 2.19. The highest BCUT2D eigenvalue weighted by Crippen LogP contribution is 2.24. The van der Waals surface area contributed by atoms with E-state index in [0.717, 1.165) is 147 Å². The van der Waals surface area contributed by atoms with Crippen molar-refractivity contribution in [2.45, 2.75) is 200 Å². The first-order valence-corrected chi connectivity index (χ1v) is 18.8. The molecule has 6 aliphatic rings. The molecule has 0 aromatic heterocycles. The molecule has 2 unspecified atom stereocenters. The van der Waals surface area contributed by atoms with Gasteiger partial charge in [0.1, 0.15) is 34.7 Å². The van der Waals surface area contributed by atoms with E-state index in [0.29, 0.717) is 40.6 Å². The lowest BCUT2D eigenvalue weighted by atomic mass is 10.00. The number of hydrogen-bond acceptors (Lipinski definition) is 6. The predicted molar refractivity (Wildman–Crippen MR) is 182 cm³/mol. The largest absolute Gasteiger partial charge is 0.300 e. The van der Waals surface area contributed by atoms with Crippen molar-refractivity contribution in [2.24, 2.45) is 11.8 Å². The molecular formula is C39H66O6. The van der Waals surface area contributed by atoms with Crippen LogP contribution >= 0.6 is 0 Å². The molecule has 0 aromatic carbocycles. The Morgan fingerprint density at radius 1 is 0.378 bits per heavy atom. The Balaban J connectivity index is 0.000000271. The minimum atomic E-state index is 0.451. The lowest BCUT2D eigenvalue weighted by Crippen LogP contribution is -2.02. The third-order valence-corrected chi connectivity index (χ3v) is 9.56. The smallest absolute Gasteiger partial charge is 0.133 e. The molecular weight excluding hydrogens is 564 g/mol. The fourth-order valence-corrected chi connectivity index (χ4v) is 6.38. The van der Waals surface area contributed by atoms with Crippen molar-refractivity contribution in [3.8, 4) is 0 Å². The number of rotatable bonds is 1. The maximum Gasteiger partial charge on any atom is 0.133 e. The number of carbonyl (C=O) groups excluding carboxylic acids is 6.